The summed E-state index contributed by atoms with van der Waals surface area (Å²) in [5, 5.41) is 2.12. The molecule has 4 heterocycles. The highest BCUT2D eigenvalue weighted by molar-refractivity contribution is 7.10. The molecule has 0 bridgehead atoms. The van der Waals surface area contributed by atoms with Crippen molar-refractivity contribution in [3.8, 4) is 0 Å². The number of hydrogen-bond donors (Lipinski definition) is 0. The maximum absolute atomic E-state index is 12.5. The third kappa shape index (κ3) is 2.41. The van der Waals surface area contributed by atoms with Crippen LogP contribution in [0.2, 0.25) is 0 Å². The Morgan fingerprint density at radius 3 is 2.75 bits per heavy atom. The van der Waals surface area contributed by atoms with Crippen LogP contribution in [0.1, 0.15) is 33.8 Å². The number of hydrogen-bond acceptors (Lipinski definition) is 4. The third-order valence-corrected chi connectivity index (χ3v) is 6.28. The Morgan fingerprint density at radius 2 is 2.04 bits per heavy atom. The van der Waals surface area contributed by atoms with E-state index < -0.39 is 11.7 Å². The number of thiophene rings is 1. The van der Waals surface area contributed by atoms with Crippen LogP contribution >= 0.6 is 11.3 Å². The Bertz CT molecular complexity index is 784. The van der Waals surface area contributed by atoms with Gasteiger partial charge in [-0.1, -0.05) is 0 Å². The second kappa shape index (κ2) is 5.86. The van der Waals surface area contributed by atoms with Crippen molar-refractivity contribution < 1.29 is 14.3 Å². The second-order valence-corrected chi connectivity index (χ2v) is 7.41. The van der Waals surface area contributed by atoms with Crippen molar-refractivity contribution in [1.29, 1.82) is 0 Å². The van der Waals surface area contributed by atoms with Gasteiger partial charge in [0.2, 0.25) is 0 Å². The molecular weight excluding hydrogens is 324 g/mol. The molecule has 1 fully saturated rings. The van der Waals surface area contributed by atoms with Crippen LogP contribution < -0.4 is 0 Å². The minimum absolute atomic E-state index is 0.257. The zero-order valence-electron chi connectivity index (χ0n) is 13.7. The molecule has 24 heavy (non-hydrogen) atoms. The van der Waals surface area contributed by atoms with Crippen LogP contribution in [0.15, 0.2) is 29.8 Å². The number of aryl methyl sites for hydroxylation is 1. The fourth-order valence-electron chi connectivity index (χ4n) is 3.75. The van der Waals surface area contributed by atoms with Gasteiger partial charge in [-0.2, -0.15) is 0 Å². The molecular formula is C18H20N2O3S. The lowest BCUT2D eigenvalue weighted by Crippen LogP contribution is -2.49. The van der Waals surface area contributed by atoms with Gasteiger partial charge in [0.1, 0.15) is 5.60 Å². The quantitative estimate of drug-likeness (QED) is 0.621. The molecule has 2 aromatic rings. The minimum Gasteiger partial charge on any atom is -0.369 e. The van der Waals surface area contributed by atoms with Crippen molar-refractivity contribution >= 4 is 23.0 Å². The van der Waals surface area contributed by atoms with E-state index in [-0.39, 0.29) is 5.60 Å². The normalized spacial score (nSPS) is 19.3. The molecule has 6 heteroatoms. The highest BCUT2D eigenvalue weighted by Gasteiger charge is 2.43. The Kier molecular flexibility index (Phi) is 3.81. The summed E-state index contributed by atoms with van der Waals surface area (Å²) in [5.41, 5.74) is 1.56. The van der Waals surface area contributed by atoms with E-state index in [0.29, 0.717) is 18.8 Å². The van der Waals surface area contributed by atoms with Gasteiger partial charge in [0.25, 0.3) is 11.7 Å². The van der Waals surface area contributed by atoms with Gasteiger partial charge >= 0.3 is 0 Å². The number of piperidine rings is 1. The molecule has 1 saturated heterocycles. The highest BCUT2D eigenvalue weighted by Crippen LogP contribution is 2.44. The van der Waals surface area contributed by atoms with Gasteiger partial charge in [-0.15, -0.1) is 11.3 Å². The van der Waals surface area contributed by atoms with Gasteiger partial charge < -0.3 is 14.2 Å². The Hall–Kier alpha value is -1.92. The van der Waals surface area contributed by atoms with Gasteiger partial charge in [-0.05, 0) is 48.4 Å². The number of Topliss-reactive ketones (excluding diaryl/α,β-unsaturated/α-hetero) is 1. The molecule has 2 aliphatic rings. The van der Waals surface area contributed by atoms with E-state index in [1.165, 1.54) is 10.4 Å². The van der Waals surface area contributed by atoms with Crippen LogP contribution in [0.25, 0.3) is 0 Å². The maximum Gasteiger partial charge on any atom is 0.296 e. The molecule has 2 aromatic heterocycles. The molecule has 0 atom stereocenters. The number of carbonyl (C=O) groups is 2. The average molecular weight is 344 g/mol. The molecule has 1 amide bonds. The number of ketones is 1. The molecule has 0 aromatic carbocycles. The molecule has 1 spiro atoms. The Balaban J connectivity index is 1.48. The number of fused-ring (bicyclic) bond motifs is 2. The summed E-state index contributed by atoms with van der Waals surface area (Å²) in [6, 6.07) is 5.65. The number of aromatic nitrogens is 1. The van der Waals surface area contributed by atoms with Crippen LogP contribution in [0.5, 0.6) is 0 Å². The molecule has 0 aliphatic carbocycles. The van der Waals surface area contributed by atoms with Crippen molar-refractivity contribution in [1.82, 2.24) is 9.47 Å². The summed E-state index contributed by atoms with van der Waals surface area (Å²) in [4.78, 5) is 27.9. The average Bonchev–Trinajstić information content (AvgIpc) is 3.24. The van der Waals surface area contributed by atoms with Crippen molar-refractivity contribution in [2.75, 3.05) is 19.7 Å². The molecule has 0 N–H and O–H groups in total. The molecule has 0 unspecified atom stereocenters. The van der Waals surface area contributed by atoms with Gasteiger partial charge in [0.15, 0.2) is 0 Å². The van der Waals surface area contributed by atoms with E-state index in [2.05, 4.69) is 11.4 Å². The van der Waals surface area contributed by atoms with E-state index in [1.807, 2.05) is 0 Å². The number of likely N-dealkylation sites (tertiary alicyclic amines) is 1. The third-order valence-electron chi connectivity index (χ3n) is 5.14. The zero-order chi connectivity index (χ0) is 16.7. The van der Waals surface area contributed by atoms with E-state index in [9.17, 15) is 9.59 Å². The van der Waals surface area contributed by atoms with Gasteiger partial charge in [-0.3, -0.25) is 9.59 Å². The first kappa shape index (κ1) is 15.6. The first-order chi connectivity index (χ1) is 11.6. The number of ether oxygens (including phenoxy) is 1. The predicted molar refractivity (Wildman–Crippen MR) is 91.2 cm³/mol. The lowest BCUT2D eigenvalue weighted by Gasteiger charge is -2.43. The van der Waals surface area contributed by atoms with E-state index >= 15 is 0 Å². The Labute approximate surface area is 144 Å². The number of nitrogens with zero attached hydrogens (tertiary/aromatic N) is 2. The van der Waals surface area contributed by atoms with Crippen LogP contribution in [-0.4, -0.2) is 40.9 Å². The monoisotopic (exact) mass is 344 g/mol. The molecule has 4 rings (SSSR count). The first-order valence-electron chi connectivity index (χ1n) is 8.26. The molecule has 2 aliphatic heterocycles. The summed E-state index contributed by atoms with van der Waals surface area (Å²) in [5.74, 6) is -0.839. The largest absolute Gasteiger partial charge is 0.369 e. The van der Waals surface area contributed by atoms with Crippen LogP contribution in [-0.2, 0) is 28.6 Å². The van der Waals surface area contributed by atoms with Crippen LogP contribution in [0.3, 0.4) is 0 Å². The van der Waals surface area contributed by atoms with Gasteiger partial charge in [0, 0.05) is 31.2 Å². The standard InChI is InChI=1S/C18H20N2O3S/c1-19-8-2-3-14(19)15(21)17(22)20-9-6-18(7-10-20)16-13(4-11-23-18)5-12-24-16/h2-3,5,8,12H,4,6-7,9-11H2,1H3. The molecule has 126 valence electrons. The number of rotatable bonds is 2. The van der Waals surface area contributed by atoms with Crippen molar-refractivity contribution in [3.63, 3.8) is 0 Å². The summed E-state index contributed by atoms with van der Waals surface area (Å²) in [6.07, 6.45) is 4.26. The van der Waals surface area contributed by atoms with E-state index in [0.717, 1.165) is 25.9 Å². The molecule has 0 radical (unpaired) electrons. The van der Waals surface area contributed by atoms with E-state index in [4.69, 9.17) is 4.74 Å². The van der Waals surface area contributed by atoms with Crippen molar-refractivity contribution in [2.24, 2.45) is 7.05 Å². The molecule has 5 nitrogen and oxygen atoms in total. The summed E-state index contributed by atoms with van der Waals surface area (Å²) in [7, 11) is 1.78. The van der Waals surface area contributed by atoms with Gasteiger partial charge in [0.05, 0.1) is 12.3 Å². The topological polar surface area (TPSA) is 51.5 Å². The van der Waals surface area contributed by atoms with Crippen LogP contribution in [0, 0.1) is 0 Å². The highest BCUT2D eigenvalue weighted by atomic mass is 32.1. The summed E-state index contributed by atoms with van der Waals surface area (Å²) in [6.45, 7) is 1.86. The maximum atomic E-state index is 12.5. The minimum atomic E-state index is -0.431. The number of carbonyl (C=O) groups excluding carboxylic acids is 2. The fourth-order valence-corrected chi connectivity index (χ4v) is 4.91. The number of amides is 1. The van der Waals surface area contributed by atoms with Crippen LogP contribution in [0.4, 0.5) is 0 Å². The lowest BCUT2D eigenvalue weighted by atomic mass is 9.85. The predicted octanol–water partition coefficient (Wildman–Crippen LogP) is 2.36. The fraction of sp³-hybridized carbons (Fsp3) is 0.444. The smallest absolute Gasteiger partial charge is 0.296 e. The second-order valence-electron chi connectivity index (χ2n) is 6.49. The Morgan fingerprint density at radius 1 is 1.25 bits per heavy atom. The van der Waals surface area contributed by atoms with Gasteiger partial charge in [-0.25, -0.2) is 0 Å². The lowest BCUT2D eigenvalue weighted by molar-refractivity contribution is -0.135. The SMILES string of the molecule is Cn1cccc1C(=O)C(=O)N1CCC2(CC1)OCCc1ccsc12. The molecule has 0 saturated carbocycles. The first-order valence-corrected chi connectivity index (χ1v) is 9.14. The zero-order valence-corrected chi connectivity index (χ0v) is 14.5. The summed E-state index contributed by atoms with van der Waals surface area (Å²) < 4.78 is 7.84. The van der Waals surface area contributed by atoms with E-state index in [1.54, 1.807) is 46.2 Å². The summed E-state index contributed by atoms with van der Waals surface area (Å²) >= 11 is 1.75. The van der Waals surface area contributed by atoms with Crippen molar-refractivity contribution in [3.05, 3.63) is 45.9 Å². The van der Waals surface area contributed by atoms with Crippen molar-refractivity contribution in [2.45, 2.75) is 24.9 Å².